The Morgan fingerprint density at radius 2 is 1.64 bits per heavy atom. The van der Waals surface area contributed by atoms with E-state index >= 15 is 0 Å². The Morgan fingerprint density at radius 3 is 2.40 bits per heavy atom. The molecule has 124 valence electrons. The highest BCUT2D eigenvalue weighted by atomic mass is 32.2. The molecule has 0 spiro atoms. The van der Waals surface area contributed by atoms with Crippen LogP contribution in [0.4, 0.5) is 5.69 Å². The van der Waals surface area contributed by atoms with E-state index in [1.807, 2.05) is 47.8 Å². The lowest BCUT2D eigenvalue weighted by molar-refractivity contribution is 0.602. The summed E-state index contributed by atoms with van der Waals surface area (Å²) in [5.41, 5.74) is 1.48. The van der Waals surface area contributed by atoms with Crippen LogP contribution in [-0.4, -0.2) is 13.4 Å². The van der Waals surface area contributed by atoms with E-state index in [0.29, 0.717) is 11.1 Å². The quantitative estimate of drug-likeness (QED) is 0.566. The molecule has 3 aromatic carbocycles. The van der Waals surface area contributed by atoms with Crippen molar-refractivity contribution >= 4 is 37.8 Å². The second kappa shape index (κ2) is 6.31. The number of thiazole rings is 1. The van der Waals surface area contributed by atoms with Gasteiger partial charge in [-0.15, -0.1) is 11.3 Å². The van der Waals surface area contributed by atoms with Crippen molar-refractivity contribution in [3.05, 3.63) is 78.3 Å². The second-order valence-corrected chi connectivity index (χ2v) is 8.04. The van der Waals surface area contributed by atoms with Gasteiger partial charge in [0, 0.05) is 28.2 Å². The van der Waals surface area contributed by atoms with Crippen molar-refractivity contribution in [1.82, 2.24) is 4.98 Å². The minimum Gasteiger partial charge on any atom is -0.280 e. The maximum atomic E-state index is 12.8. The Kier molecular flexibility index (Phi) is 3.99. The van der Waals surface area contributed by atoms with Gasteiger partial charge in [-0.2, -0.15) is 0 Å². The Labute approximate surface area is 149 Å². The number of aromatic nitrogens is 1. The van der Waals surface area contributed by atoms with Crippen molar-refractivity contribution in [2.75, 3.05) is 4.72 Å². The third-order valence-corrected chi connectivity index (χ3v) is 6.12. The molecule has 0 amide bonds. The zero-order valence-electron chi connectivity index (χ0n) is 13.1. The average molecular weight is 366 g/mol. The summed E-state index contributed by atoms with van der Waals surface area (Å²) in [4.78, 5) is 4.53. The molecule has 6 heteroatoms. The van der Waals surface area contributed by atoms with E-state index in [-0.39, 0.29) is 4.90 Å². The van der Waals surface area contributed by atoms with Gasteiger partial charge in [0.2, 0.25) is 0 Å². The van der Waals surface area contributed by atoms with Gasteiger partial charge in [0.25, 0.3) is 10.0 Å². The lowest BCUT2D eigenvalue weighted by Gasteiger charge is -2.11. The number of sulfonamides is 1. The van der Waals surface area contributed by atoms with Crippen LogP contribution >= 0.6 is 11.3 Å². The number of nitrogens with one attached hydrogen (secondary N) is 1. The van der Waals surface area contributed by atoms with Crippen LogP contribution in [0.2, 0.25) is 0 Å². The molecule has 1 aromatic heterocycles. The van der Waals surface area contributed by atoms with Gasteiger partial charge in [-0.1, -0.05) is 36.4 Å². The van der Waals surface area contributed by atoms with Gasteiger partial charge in [-0.05, 0) is 35.7 Å². The van der Waals surface area contributed by atoms with Gasteiger partial charge < -0.3 is 0 Å². The van der Waals surface area contributed by atoms with Crippen LogP contribution in [-0.2, 0) is 10.0 Å². The Hall–Kier alpha value is -2.70. The molecule has 0 aliphatic heterocycles. The minimum atomic E-state index is -3.67. The third kappa shape index (κ3) is 3.14. The van der Waals surface area contributed by atoms with Crippen LogP contribution in [0, 0.1) is 0 Å². The van der Waals surface area contributed by atoms with Crippen molar-refractivity contribution in [3.63, 3.8) is 0 Å². The normalized spacial score (nSPS) is 11.5. The summed E-state index contributed by atoms with van der Waals surface area (Å²) in [5, 5.41) is 4.41. The number of fused-ring (bicyclic) bond motifs is 1. The fourth-order valence-corrected chi connectivity index (χ4v) is 4.62. The first-order valence-corrected chi connectivity index (χ1v) is 10.0. The van der Waals surface area contributed by atoms with Crippen LogP contribution in [0.1, 0.15) is 0 Å². The second-order valence-electron chi connectivity index (χ2n) is 5.50. The molecule has 4 aromatic rings. The van der Waals surface area contributed by atoms with Gasteiger partial charge in [-0.3, -0.25) is 4.72 Å². The lowest BCUT2D eigenvalue weighted by Crippen LogP contribution is -2.13. The van der Waals surface area contributed by atoms with Gasteiger partial charge in [0.05, 0.1) is 4.90 Å². The van der Waals surface area contributed by atoms with Crippen LogP contribution in [0.5, 0.6) is 0 Å². The van der Waals surface area contributed by atoms with Crippen LogP contribution in [0.15, 0.2) is 83.2 Å². The molecule has 0 unspecified atom stereocenters. The monoisotopic (exact) mass is 366 g/mol. The molecule has 0 aliphatic rings. The minimum absolute atomic E-state index is 0.273. The summed E-state index contributed by atoms with van der Waals surface area (Å²) in [5.74, 6) is 0. The van der Waals surface area contributed by atoms with Gasteiger partial charge in [0.15, 0.2) is 0 Å². The van der Waals surface area contributed by atoms with E-state index < -0.39 is 10.0 Å². The topological polar surface area (TPSA) is 59.1 Å². The third-order valence-electron chi connectivity index (χ3n) is 3.86. The standard InChI is InChI=1S/C19H14N2O2S2/c22-25(23,18-7-3-5-14-4-1-2-6-17(14)18)21-16-10-8-15(9-11-16)19-20-12-13-24-19/h1-13,21H. The van der Waals surface area contributed by atoms with Gasteiger partial charge in [-0.25, -0.2) is 13.4 Å². The molecule has 0 saturated heterocycles. The predicted octanol–water partition coefficient (Wildman–Crippen LogP) is 4.76. The molecule has 0 aliphatic carbocycles. The van der Waals surface area contributed by atoms with Crippen molar-refractivity contribution in [1.29, 1.82) is 0 Å². The number of nitrogens with zero attached hydrogens (tertiary/aromatic N) is 1. The van der Waals surface area contributed by atoms with Crippen LogP contribution in [0.25, 0.3) is 21.3 Å². The maximum Gasteiger partial charge on any atom is 0.262 e. The average Bonchev–Trinajstić information content (AvgIpc) is 3.16. The first kappa shape index (κ1) is 15.8. The molecule has 0 atom stereocenters. The number of hydrogen-bond donors (Lipinski definition) is 1. The highest BCUT2D eigenvalue weighted by Gasteiger charge is 2.17. The van der Waals surface area contributed by atoms with Gasteiger partial charge >= 0.3 is 0 Å². The van der Waals surface area contributed by atoms with Crippen molar-refractivity contribution in [2.24, 2.45) is 0 Å². The summed E-state index contributed by atoms with van der Waals surface area (Å²) in [6, 6.07) is 19.9. The molecule has 4 nitrogen and oxygen atoms in total. The maximum absolute atomic E-state index is 12.8. The largest absolute Gasteiger partial charge is 0.280 e. The first-order valence-electron chi connectivity index (χ1n) is 7.64. The smallest absolute Gasteiger partial charge is 0.262 e. The Morgan fingerprint density at radius 1 is 0.880 bits per heavy atom. The summed E-state index contributed by atoms with van der Waals surface area (Å²) in [6.07, 6.45) is 1.75. The zero-order chi connectivity index (χ0) is 17.3. The van der Waals surface area contributed by atoms with Crippen molar-refractivity contribution < 1.29 is 8.42 Å². The summed E-state index contributed by atoms with van der Waals surface area (Å²) in [7, 11) is -3.67. The van der Waals surface area contributed by atoms with E-state index in [4.69, 9.17) is 0 Å². The molecule has 4 rings (SSSR count). The van der Waals surface area contributed by atoms with E-state index in [1.54, 1.807) is 41.8 Å². The molecule has 0 radical (unpaired) electrons. The SMILES string of the molecule is O=S(=O)(Nc1ccc(-c2nccs2)cc1)c1cccc2ccccc12. The number of hydrogen-bond acceptors (Lipinski definition) is 4. The molecular formula is C19H14N2O2S2. The molecule has 0 fully saturated rings. The molecule has 25 heavy (non-hydrogen) atoms. The van der Waals surface area contributed by atoms with Crippen molar-refractivity contribution in [2.45, 2.75) is 4.90 Å². The highest BCUT2D eigenvalue weighted by Crippen LogP contribution is 2.27. The highest BCUT2D eigenvalue weighted by molar-refractivity contribution is 7.93. The van der Waals surface area contributed by atoms with E-state index in [0.717, 1.165) is 16.0 Å². The fourth-order valence-electron chi connectivity index (χ4n) is 2.69. The van der Waals surface area contributed by atoms with E-state index in [1.165, 1.54) is 0 Å². The number of anilines is 1. The Bertz CT molecular complexity index is 1110. The number of benzene rings is 3. The zero-order valence-corrected chi connectivity index (χ0v) is 14.7. The molecule has 1 heterocycles. The molecular weight excluding hydrogens is 352 g/mol. The van der Waals surface area contributed by atoms with Crippen LogP contribution in [0.3, 0.4) is 0 Å². The van der Waals surface area contributed by atoms with E-state index in [2.05, 4.69) is 9.71 Å². The van der Waals surface area contributed by atoms with E-state index in [9.17, 15) is 8.42 Å². The first-order chi connectivity index (χ1) is 12.1. The Balaban J connectivity index is 1.67. The summed E-state index contributed by atoms with van der Waals surface area (Å²) in [6.45, 7) is 0. The predicted molar refractivity (Wildman–Crippen MR) is 102 cm³/mol. The molecule has 1 N–H and O–H groups in total. The van der Waals surface area contributed by atoms with Crippen molar-refractivity contribution in [3.8, 4) is 10.6 Å². The summed E-state index contributed by atoms with van der Waals surface area (Å²) >= 11 is 1.54. The van der Waals surface area contributed by atoms with Gasteiger partial charge in [0.1, 0.15) is 5.01 Å². The molecule has 0 saturated carbocycles. The summed E-state index contributed by atoms with van der Waals surface area (Å²) < 4.78 is 28.3. The number of rotatable bonds is 4. The molecule has 0 bridgehead atoms. The lowest BCUT2D eigenvalue weighted by atomic mass is 10.1. The fraction of sp³-hybridized carbons (Fsp3) is 0. The van der Waals surface area contributed by atoms with Crippen LogP contribution < -0.4 is 4.72 Å².